The van der Waals surface area contributed by atoms with Crippen LogP contribution >= 0.6 is 0 Å². The van der Waals surface area contributed by atoms with E-state index in [1.807, 2.05) is 30.3 Å². The van der Waals surface area contributed by atoms with E-state index in [9.17, 15) is 13.2 Å². The Labute approximate surface area is 207 Å². The van der Waals surface area contributed by atoms with Crippen LogP contribution in [-0.4, -0.2) is 35.1 Å². The molecule has 7 nitrogen and oxygen atoms in total. The van der Waals surface area contributed by atoms with E-state index in [4.69, 9.17) is 0 Å². The average Bonchev–Trinajstić information content (AvgIpc) is 2.77. The number of nitrogens with one attached hydrogen (secondary N) is 1. The number of rotatable bonds is 6. The second kappa shape index (κ2) is 8.23. The molecule has 0 saturated heterocycles. The van der Waals surface area contributed by atoms with Gasteiger partial charge in [-0.05, 0) is 60.8 Å². The molecule has 1 N–H and O–H groups in total. The first-order valence-corrected chi connectivity index (χ1v) is 14.2. The molecule has 184 valence electrons. The van der Waals surface area contributed by atoms with Crippen molar-refractivity contribution in [1.82, 2.24) is 14.3 Å². The fourth-order valence-corrected chi connectivity index (χ4v) is 9.01. The van der Waals surface area contributed by atoms with Gasteiger partial charge in [-0.25, -0.2) is 18.4 Å². The van der Waals surface area contributed by atoms with Crippen LogP contribution in [0.1, 0.15) is 62.3 Å². The first-order chi connectivity index (χ1) is 16.7. The number of nitrogens with zero attached hydrogens (tertiary/aromatic N) is 3. The van der Waals surface area contributed by atoms with Crippen LogP contribution in [0.4, 0.5) is 5.82 Å². The lowest BCUT2D eigenvalue weighted by molar-refractivity contribution is -0.121. The SMILES string of the molecule is CC12C=C3CC(C1)CC(CC(=O)Nc1ncnc4c1CCN(S(=O)(=O)Cc1ccccc1)C4)(C3)C2. The predicted molar refractivity (Wildman–Crippen MR) is 134 cm³/mol. The molecule has 2 fully saturated rings. The molecule has 2 heterocycles. The molecule has 1 amide bonds. The minimum atomic E-state index is -3.47. The quantitative estimate of drug-likeness (QED) is 0.610. The molecule has 3 atom stereocenters. The van der Waals surface area contributed by atoms with Gasteiger partial charge in [0.2, 0.25) is 15.9 Å². The third-order valence-corrected chi connectivity index (χ3v) is 10.1. The van der Waals surface area contributed by atoms with E-state index in [-0.39, 0.29) is 29.0 Å². The highest BCUT2D eigenvalue weighted by atomic mass is 32.2. The molecule has 1 aromatic carbocycles. The number of hydrogen-bond donors (Lipinski definition) is 1. The number of amides is 1. The van der Waals surface area contributed by atoms with Crippen molar-refractivity contribution in [3.63, 3.8) is 0 Å². The van der Waals surface area contributed by atoms with Gasteiger partial charge in [0.1, 0.15) is 12.1 Å². The van der Waals surface area contributed by atoms with Crippen LogP contribution in [0, 0.1) is 16.7 Å². The maximum atomic E-state index is 13.2. The zero-order valence-electron chi connectivity index (χ0n) is 20.2. The lowest BCUT2D eigenvalue weighted by atomic mass is 9.48. The molecule has 35 heavy (non-hydrogen) atoms. The molecule has 8 heteroatoms. The number of carbonyl (C=O) groups excluding carboxylic acids is 1. The van der Waals surface area contributed by atoms with E-state index >= 15 is 0 Å². The second-order valence-electron chi connectivity index (χ2n) is 11.5. The summed E-state index contributed by atoms with van der Waals surface area (Å²) in [6, 6.07) is 9.22. The molecule has 0 spiro atoms. The van der Waals surface area contributed by atoms with E-state index in [2.05, 4.69) is 28.3 Å². The third kappa shape index (κ3) is 4.42. The van der Waals surface area contributed by atoms with Crippen molar-refractivity contribution in [2.45, 2.75) is 64.2 Å². The summed E-state index contributed by atoms with van der Waals surface area (Å²) in [5.41, 5.74) is 4.16. The molecule has 2 saturated carbocycles. The summed E-state index contributed by atoms with van der Waals surface area (Å²) in [5, 5.41) is 3.07. The largest absolute Gasteiger partial charge is 0.310 e. The Balaban J connectivity index is 1.15. The van der Waals surface area contributed by atoms with Crippen molar-refractivity contribution in [2.75, 3.05) is 11.9 Å². The number of allylic oxidation sites excluding steroid dienone is 2. The Kier molecular flexibility index (Phi) is 5.38. The second-order valence-corrected chi connectivity index (χ2v) is 13.5. The van der Waals surface area contributed by atoms with Crippen molar-refractivity contribution in [3.8, 4) is 0 Å². The summed E-state index contributed by atoms with van der Waals surface area (Å²) in [5.74, 6) is 1.23. The van der Waals surface area contributed by atoms with Gasteiger partial charge in [0.25, 0.3) is 0 Å². The van der Waals surface area contributed by atoms with Crippen LogP contribution in [0.25, 0.3) is 0 Å². The van der Waals surface area contributed by atoms with Gasteiger partial charge in [-0.2, -0.15) is 4.31 Å². The molecule has 4 aliphatic carbocycles. The predicted octanol–water partition coefficient (Wildman–Crippen LogP) is 4.22. The lowest BCUT2D eigenvalue weighted by Gasteiger charge is -2.57. The van der Waals surface area contributed by atoms with Gasteiger partial charge in [-0.1, -0.05) is 48.9 Å². The molecule has 2 aromatic rings. The van der Waals surface area contributed by atoms with E-state index in [0.29, 0.717) is 36.8 Å². The molecule has 0 radical (unpaired) electrons. The molecule has 5 aliphatic rings. The van der Waals surface area contributed by atoms with Gasteiger partial charge >= 0.3 is 0 Å². The Morgan fingerprint density at radius 1 is 1.20 bits per heavy atom. The van der Waals surface area contributed by atoms with Gasteiger partial charge in [-0.3, -0.25) is 4.79 Å². The topological polar surface area (TPSA) is 92.3 Å². The van der Waals surface area contributed by atoms with Crippen molar-refractivity contribution >= 4 is 21.7 Å². The summed E-state index contributed by atoms with van der Waals surface area (Å²) < 4.78 is 27.5. The molecule has 1 aliphatic heterocycles. The Morgan fingerprint density at radius 3 is 2.80 bits per heavy atom. The molecule has 7 rings (SSSR count). The van der Waals surface area contributed by atoms with Gasteiger partial charge in [0.05, 0.1) is 18.0 Å². The maximum Gasteiger partial charge on any atom is 0.226 e. The van der Waals surface area contributed by atoms with Crippen LogP contribution in [0.15, 0.2) is 48.3 Å². The van der Waals surface area contributed by atoms with Crippen LogP contribution in [0.3, 0.4) is 0 Å². The number of sulfonamides is 1. The fraction of sp³-hybridized carbons (Fsp3) is 0.519. The molecular weight excluding hydrogens is 460 g/mol. The summed E-state index contributed by atoms with van der Waals surface area (Å²) in [6.07, 6.45) is 10.7. The number of aromatic nitrogens is 2. The highest BCUT2D eigenvalue weighted by molar-refractivity contribution is 7.88. The zero-order valence-corrected chi connectivity index (χ0v) is 21.0. The number of benzene rings is 1. The minimum absolute atomic E-state index is 0.0104. The lowest BCUT2D eigenvalue weighted by Crippen LogP contribution is -2.47. The standard InChI is InChI=1S/C27H32N4O3S/c1-26-10-20-9-21(11-26)13-27(12-20,17-26)14-24(32)30-25-22-7-8-31(15-23(22)28-18-29-25)35(33,34)16-19-5-3-2-4-6-19/h2-6,10,18,21H,7-9,11-17H2,1H3,(H,28,29,30,32). The van der Waals surface area contributed by atoms with E-state index in [0.717, 1.165) is 30.4 Å². The number of fused-ring (bicyclic) bond motifs is 1. The summed E-state index contributed by atoms with van der Waals surface area (Å²) in [6.45, 7) is 2.91. The Hall–Kier alpha value is -2.58. The maximum absolute atomic E-state index is 13.2. The number of carbonyl (C=O) groups is 1. The fourth-order valence-electron chi connectivity index (χ4n) is 7.53. The average molecular weight is 493 g/mol. The molecular formula is C27H32N4O3S. The van der Waals surface area contributed by atoms with Crippen LogP contribution in [0.2, 0.25) is 0 Å². The number of hydrogen-bond acceptors (Lipinski definition) is 5. The van der Waals surface area contributed by atoms with Crippen molar-refractivity contribution in [3.05, 3.63) is 65.1 Å². The minimum Gasteiger partial charge on any atom is -0.310 e. The highest BCUT2D eigenvalue weighted by Crippen LogP contribution is 2.63. The van der Waals surface area contributed by atoms with Crippen molar-refractivity contribution in [2.24, 2.45) is 16.7 Å². The van der Waals surface area contributed by atoms with Crippen LogP contribution < -0.4 is 5.32 Å². The Bertz CT molecular complexity index is 1310. The smallest absolute Gasteiger partial charge is 0.226 e. The van der Waals surface area contributed by atoms with Crippen LogP contribution in [-0.2, 0) is 33.5 Å². The zero-order chi connectivity index (χ0) is 24.3. The third-order valence-electron chi connectivity index (χ3n) is 8.31. The van der Waals surface area contributed by atoms with Gasteiger partial charge in [0.15, 0.2) is 0 Å². The molecule has 4 bridgehead atoms. The van der Waals surface area contributed by atoms with E-state index < -0.39 is 10.0 Å². The van der Waals surface area contributed by atoms with Gasteiger partial charge < -0.3 is 5.32 Å². The normalized spacial score (nSPS) is 29.5. The molecule has 1 aromatic heterocycles. The summed E-state index contributed by atoms with van der Waals surface area (Å²) >= 11 is 0. The summed E-state index contributed by atoms with van der Waals surface area (Å²) in [7, 11) is -3.47. The first-order valence-electron chi connectivity index (χ1n) is 12.6. The van der Waals surface area contributed by atoms with Crippen LogP contribution in [0.5, 0.6) is 0 Å². The Morgan fingerprint density at radius 2 is 2.03 bits per heavy atom. The summed E-state index contributed by atoms with van der Waals surface area (Å²) in [4.78, 5) is 22.0. The first kappa shape index (κ1) is 22.9. The monoisotopic (exact) mass is 492 g/mol. The molecule has 3 unspecified atom stereocenters. The van der Waals surface area contributed by atoms with Crippen molar-refractivity contribution in [1.29, 1.82) is 0 Å². The van der Waals surface area contributed by atoms with E-state index in [1.54, 1.807) is 5.57 Å². The number of anilines is 1. The van der Waals surface area contributed by atoms with Gasteiger partial charge in [0, 0.05) is 18.5 Å². The highest BCUT2D eigenvalue weighted by Gasteiger charge is 2.52. The van der Waals surface area contributed by atoms with Gasteiger partial charge in [-0.15, -0.1) is 0 Å². The van der Waals surface area contributed by atoms with E-state index in [1.165, 1.54) is 23.5 Å². The van der Waals surface area contributed by atoms with Crippen molar-refractivity contribution < 1.29 is 13.2 Å².